The number of nitrogens with zero attached hydrogens (tertiary/aromatic N) is 2. The molecule has 1 saturated carbocycles. The van der Waals surface area contributed by atoms with Gasteiger partial charge in [-0.2, -0.15) is 0 Å². The summed E-state index contributed by atoms with van der Waals surface area (Å²) >= 11 is 0. The van der Waals surface area contributed by atoms with E-state index in [-0.39, 0.29) is 17.7 Å². The first-order valence-corrected chi connectivity index (χ1v) is 10.2. The number of likely N-dealkylation sites (tertiary alicyclic amines) is 1. The highest BCUT2D eigenvalue weighted by Crippen LogP contribution is 2.32. The van der Waals surface area contributed by atoms with Crippen LogP contribution < -0.4 is 0 Å². The number of furan rings is 1. The lowest BCUT2D eigenvalue weighted by atomic mass is 9.95. The molecule has 2 fully saturated rings. The van der Waals surface area contributed by atoms with E-state index in [9.17, 15) is 9.59 Å². The van der Waals surface area contributed by atoms with Gasteiger partial charge in [-0.1, -0.05) is 17.2 Å². The van der Waals surface area contributed by atoms with Crippen LogP contribution in [-0.2, 0) is 11.3 Å². The molecular formula is C23H28N2O3. The van der Waals surface area contributed by atoms with Crippen molar-refractivity contribution in [2.75, 3.05) is 13.1 Å². The Labute approximate surface area is 166 Å². The summed E-state index contributed by atoms with van der Waals surface area (Å²) in [6.45, 7) is 5.77. The van der Waals surface area contributed by atoms with Crippen LogP contribution >= 0.6 is 0 Å². The summed E-state index contributed by atoms with van der Waals surface area (Å²) in [6.07, 6.45) is 5.48. The molecule has 4 rings (SSSR count). The summed E-state index contributed by atoms with van der Waals surface area (Å²) in [4.78, 5) is 30.1. The lowest BCUT2D eigenvalue weighted by Crippen LogP contribution is -2.47. The second-order valence-electron chi connectivity index (χ2n) is 8.24. The van der Waals surface area contributed by atoms with E-state index in [1.165, 1.54) is 0 Å². The first-order chi connectivity index (χ1) is 13.5. The zero-order chi connectivity index (χ0) is 19.7. The van der Waals surface area contributed by atoms with Gasteiger partial charge in [-0.05, 0) is 63.8 Å². The fourth-order valence-electron chi connectivity index (χ4n) is 4.22. The van der Waals surface area contributed by atoms with E-state index in [0.29, 0.717) is 19.1 Å². The lowest BCUT2D eigenvalue weighted by molar-refractivity contribution is -0.138. The number of amides is 2. The Morgan fingerprint density at radius 3 is 2.54 bits per heavy atom. The van der Waals surface area contributed by atoms with Crippen molar-refractivity contribution in [3.05, 3.63) is 59.0 Å². The second kappa shape index (κ2) is 7.82. The van der Waals surface area contributed by atoms with Crippen molar-refractivity contribution in [1.82, 2.24) is 9.80 Å². The highest BCUT2D eigenvalue weighted by Gasteiger charge is 2.38. The number of hydrogen-bond acceptors (Lipinski definition) is 3. The predicted molar refractivity (Wildman–Crippen MR) is 107 cm³/mol. The largest absolute Gasteiger partial charge is 0.467 e. The minimum Gasteiger partial charge on any atom is -0.467 e. The van der Waals surface area contributed by atoms with Crippen LogP contribution in [0, 0.1) is 19.8 Å². The Balaban J connectivity index is 1.46. The first kappa shape index (κ1) is 18.8. The van der Waals surface area contributed by atoms with Crippen molar-refractivity contribution in [3.8, 4) is 0 Å². The Kier molecular flexibility index (Phi) is 5.25. The third-order valence-electron chi connectivity index (χ3n) is 5.70. The van der Waals surface area contributed by atoms with Gasteiger partial charge in [-0.25, -0.2) is 0 Å². The summed E-state index contributed by atoms with van der Waals surface area (Å²) in [5.74, 6) is 0.892. The Bertz CT molecular complexity index is 834. The number of hydrogen-bond donors (Lipinski definition) is 0. The minimum atomic E-state index is -0.126. The van der Waals surface area contributed by atoms with E-state index in [1.807, 2.05) is 47.9 Å². The van der Waals surface area contributed by atoms with Gasteiger partial charge in [0.05, 0.1) is 18.7 Å². The lowest BCUT2D eigenvalue weighted by Gasteiger charge is -2.35. The molecule has 1 aromatic carbocycles. The standard InChI is InChI=1S/C23H28N2O3/c1-16-11-17(2)13-19(12-16)22(26)24-9-3-5-18(14-24)23(27)25(20-7-8-20)15-21-6-4-10-28-21/h4,6,10-13,18,20H,3,5,7-9,14-15H2,1-2H3. The Morgan fingerprint density at radius 2 is 1.89 bits per heavy atom. The number of piperidine rings is 1. The van der Waals surface area contributed by atoms with Crippen LogP contribution in [0.4, 0.5) is 0 Å². The van der Waals surface area contributed by atoms with Crippen molar-refractivity contribution in [2.24, 2.45) is 5.92 Å². The van der Waals surface area contributed by atoms with E-state index in [0.717, 1.165) is 54.7 Å². The maximum Gasteiger partial charge on any atom is 0.253 e. The molecule has 28 heavy (non-hydrogen) atoms. The maximum absolute atomic E-state index is 13.3. The average molecular weight is 380 g/mol. The third-order valence-corrected chi connectivity index (χ3v) is 5.70. The van der Waals surface area contributed by atoms with Crippen LogP contribution in [-0.4, -0.2) is 40.7 Å². The van der Waals surface area contributed by atoms with E-state index in [1.54, 1.807) is 6.26 Å². The quantitative estimate of drug-likeness (QED) is 0.789. The molecule has 5 heteroatoms. The van der Waals surface area contributed by atoms with Crippen molar-refractivity contribution in [1.29, 1.82) is 0 Å². The smallest absolute Gasteiger partial charge is 0.253 e. The zero-order valence-corrected chi connectivity index (χ0v) is 16.7. The molecule has 2 amide bonds. The van der Waals surface area contributed by atoms with Crippen LogP contribution in [0.3, 0.4) is 0 Å². The molecule has 1 atom stereocenters. The van der Waals surface area contributed by atoms with Gasteiger partial charge in [0.15, 0.2) is 0 Å². The molecule has 2 heterocycles. The zero-order valence-electron chi connectivity index (χ0n) is 16.7. The van der Waals surface area contributed by atoms with Crippen molar-refractivity contribution >= 4 is 11.8 Å². The van der Waals surface area contributed by atoms with Gasteiger partial charge in [0.2, 0.25) is 5.91 Å². The highest BCUT2D eigenvalue weighted by molar-refractivity contribution is 5.95. The molecule has 1 saturated heterocycles. The number of carbonyl (C=O) groups is 2. The molecule has 0 radical (unpaired) electrons. The van der Waals surface area contributed by atoms with E-state index >= 15 is 0 Å². The number of carbonyl (C=O) groups excluding carboxylic acids is 2. The van der Waals surface area contributed by atoms with E-state index in [2.05, 4.69) is 6.07 Å². The van der Waals surface area contributed by atoms with Gasteiger partial charge in [0.1, 0.15) is 5.76 Å². The molecule has 1 unspecified atom stereocenters. The molecule has 1 aromatic heterocycles. The topological polar surface area (TPSA) is 53.8 Å². The Morgan fingerprint density at radius 1 is 1.14 bits per heavy atom. The third kappa shape index (κ3) is 4.13. The molecular weight excluding hydrogens is 352 g/mol. The summed E-state index contributed by atoms with van der Waals surface area (Å²) in [5, 5.41) is 0. The summed E-state index contributed by atoms with van der Waals surface area (Å²) in [7, 11) is 0. The van der Waals surface area contributed by atoms with Gasteiger partial charge < -0.3 is 14.2 Å². The molecule has 1 aliphatic heterocycles. The van der Waals surface area contributed by atoms with E-state index < -0.39 is 0 Å². The molecule has 0 N–H and O–H groups in total. The maximum atomic E-state index is 13.3. The number of benzene rings is 1. The SMILES string of the molecule is Cc1cc(C)cc(C(=O)N2CCCC(C(=O)N(Cc3ccco3)C3CC3)C2)c1. The second-order valence-corrected chi connectivity index (χ2v) is 8.24. The van der Waals surface area contributed by atoms with Crippen LogP contribution in [0.2, 0.25) is 0 Å². The molecule has 148 valence electrons. The first-order valence-electron chi connectivity index (χ1n) is 10.2. The van der Waals surface area contributed by atoms with Crippen molar-refractivity contribution in [3.63, 3.8) is 0 Å². The summed E-state index contributed by atoms with van der Waals surface area (Å²) < 4.78 is 5.46. The monoisotopic (exact) mass is 380 g/mol. The predicted octanol–water partition coefficient (Wildman–Crippen LogP) is 3.94. The van der Waals surface area contributed by atoms with Crippen LogP contribution in [0.15, 0.2) is 41.0 Å². The van der Waals surface area contributed by atoms with Gasteiger partial charge in [0.25, 0.3) is 5.91 Å². The molecule has 2 aromatic rings. The normalized spacial score (nSPS) is 19.5. The summed E-state index contributed by atoms with van der Waals surface area (Å²) in [5.41, 5.74) is 2.90. The van der Waals surface area contributed by atoms with Gasteiger partial charge in [0, 0.05) is 24.7 Å². The average Bonchev–Trinajstić information content (AvgIpc) is 3.40. The summed E-state index contributed by atoms with van der Waals surface area (Å²) in [6, 6.07) is 10.0. The molecule has 0 bridgehead atoms. The highest BCUT2D eigenvalue weighted by atomic mass is 16.3. The van der Waals surface area contributed by atoms with Crippen molar-refractivity contribution < 1.29 is 14.0 Å². The number of rotatable bonds is 5. The van der Waals surface area contributed by atoms with Gasteiger partial charge >= 0.3 is 0 Å². The van der Waals surface area contributed by atoms with Crippen LogP contribution in [0.1, 0.15) is 52.9 Å². The fourth-order valence-corrected chi connectivity index (χ4v) is 4.22. The minimum absolute atomic E-state index is 0.0355. The van der Waals surface area contributed by atoms with Gasteiger partial charge in [-0.3, -0.25) is 9.59 Å². The molecule has 1 aliphatic carbocycles. The molecule has 0 spiro atoms. The van der Waals surface area contributed by atoms with Gasteiger partial charge in [-0.15, -0.1) is 0 Å². The molecule has 5 nitrogen and oxygen atoms in total. The Hall–Kier alpha value is -2.56. The van der Waals surface area contributed by atoms with Crippen molar-refractivity contribution in [2.45, 2.75) is 52.1 Å². The molecule has 2 aliphatic rings. The van der Waals surface area contributed by atoms with Crippen LogP contribution in [0.25, 0.3) is 0 Å². The van der Waals surface area contributed by atoms with Crippen LogP contribution in [0.5, 0.6) is 0 Å². The fraction of sp³-hybridized carbons (Fsp3) is 0.478. The van der Waals surface area contributed by atoms with E-state index in [4.69, 9.17) is 4.42 Å². The number of aryl methyl sites for hydroxylation is 2.